The zero-order chi connectivity index (χ0) is 32.5. The number of allylic oxidation sites excluding steroid dienone is 4. The average molecular weight is 615 g/mol. The summed E-state index contributed by atoms with van der Waals surface area (Å²) < 4.78 is 11.9. The van der Waals surface area contributed by atoms with Gasteiger partial charge in [0.25, 0.3) is 0 Å². The molecule has 2 aliphatic rings. The molecule has 0 spiro atoms. The first kappa shape index (κ1) is 38.5. The maximum absolute atomic E-state index is 6.19. The predicted octanol–water partition coefficient (Wildman–Crippen LogP) is 12.4. The van der Waals surface area contributed by atoms with Crippen molar-refractivity contribution in [3.63, 3.8) is 0 Å². The lowest BCUT2D eigenvalue weighted by Gasteiger charge is -2.35. The van der Waals surface area contributed by atoms with Crippen LogP contribution in [0.25, 0.3) is 0 Å². The monoisotopic (exact) mass is 615 g/mol. The normalized spacial score (nSPS) is 26.9. The first-order chi connectivity index (χ1) is 20.1. The van der Waals surface area contributed by atoms with Gasteiger partial charge >= 0.3 is 0 Å². The molecule has 0 N–H and O–H groups in total. The van der Waals surface area contributed by atoms with Gasteiger partial charge in [-0.05, 0) is 107 Å². The molecule has 0 saturated carbocycles. The van der Waals surface area contributed by atoms with E-state index in [0.29, 0.717) is 29.6 Å². The van der Waals surface area contributed by atoms with E-state index >= 15 is 0 Å². The second kappa shape index (κ2) is 16.8. The average Bonchev–Trinajstić information content (AvgIpc) is 3.93. The number of rotatable bonds is 24. The molecule has 3 heteroatoms. The summed E-state index contributed by atoms with van der Waals surface area (Å²) in [5.74, 6) is 3.02. The molecule has 0 aromatic rings. The van der Waals surface area contributed by atoms with Crippen LogP contribution in [0.4, 0.5) is 0 Å². The van der Waals surface area contributed by atoms with Crippen molar-refractivity contribution in [1.29, 1.82) is 0 Å². The van der Waals surface area contributed by atoms with Gasteiger partial charge in [0, 0.05) is 0 Å². The summed E-state index contributed by atoms with van der Waals surface area (Å²) in [6.45, 7) is 36.9. The van der Waals surface area contributed by atoms with Crippen LogP contribution in [-0.4, -0.2) is 32.5 Å². The molecule has 2 rings (SSSR count). The Morgan fingerprint density at radius 1 is 0.837 bits per heavy atom. The summed E-state index contributed by atoms with van der Waals surface area (Å²) in [5.41, 5.74) is 3.26. The van der Waals surface area contributed by atoms with Gasteiger partial charge in [-0.3, -0.25) is 0 Å². The molecular weight excluding hydrogens is 541 g/mol. The molecule has 0 radical (unpaired) electrons. The van der Waals surface area contributed by atoms with E-state index in [1.807, 2.05) is 0 Å². The molecule has 0 aliphatic carbocycles. The number of ether oxygens (including phenoxy) is 2. The number of hydrogen-bond acceptors (Lipinski definition) is 2. The van der Waals surface area contributed by atoms with Crippen LogP contribution in [0.2, 0.25) is 24.2 Å². The molecule has 2 saturated heterocycles. The lowest BCUT2D eigenvalue weighted by atomic mass is 9.76. The minimum atomic E-state index is -1.15. The number of hydrogen-bond donors (Lipinski definition) is 0. The molecular formula is C40H74O2Si. The Labute approximate surface area is 270 Å². The van der Waals surface area contributed by atoms with Gasteiger partial charge in [0.2, 0.25) is 0 Å². The Kier molecular flexibility index (Phi) is 15.0. The minimum Gasteiger partial charge on any atom is -0.370 e. The van der Waals surface area contributed by atoms with E-state index in [4.69, 9.17) is 9.47 Å². The fourth-order valence-electron chi connectivity index (χ4n) is 6.97. The van der Waals surface area contributed by atoms with Crippen molar-refractivity contribution in [2.24, 2.45) is 35.0 Å². The van der Waals surface area contributed by atoms with E-state index < -0.39 is 8.07 Å². The molecule has 43 heavy (non-hydrogen) atoms. The van der Waals surface area contributed by atoms with Crippen molar-refractivity contribution in [2.75, 3.05) is 13.2 Å². The lowest BCUT2D eigenvalue weighted by Crippen LogP contribution is -2.33. The van der Waals surface area contributed by atoms with Crippen molar-refractivity contribution < 1.29 is 9.47 Å². The molecule has 0 amide bonds. The van der Waals surface area contributed by atoms with Crippen LogP contribution >= 0.6 is 0 Å². The first-order valence-electron chi connectivity index (χ1n) is 18.4. The van der Waals surface area contributed by atoms with Crippen LogP contribution in [0.1, 0.15) is 134 Å². The Morgan fingerprint density at radius 3 is 1.95 bits per heavy atom. The van der Waals surface area contributed by atoms with Crippen LogP contribution in [-0.2, 0) is 9.47 Å². The second-order valence-corrected chi connectivity index (χ2v) is 21.9. The summed E-state index contributed by atoms with van der Waals surface area (Å²) in [7, 11) is -1.15. The van der Waals surface area contributed by atoms with E-state index in [-0.39, 0.29) is 16.6 Å². The summed E-state index contributed by atoms with van der Waals surface area (Å²) in [6, 6.07) is 5.75. The fourth-order valence-corrected chi connectivity index (χ4v) is 10.6. The van der Waals surface area contributed by atoms with Crippen molar-refractivity contribution in [3.05, 3.63) is 36.5 Å². The standard InChI is InChI=1S/C40H74O2Si/c1-14-43(15-2,16-3)28-27-38(12,25-23-37(11)40(30-42-40)26-22-33(7)31(4)5)24-21-32(6)17-18-34(8)35(9)19-20-36(10)39(13)29-41-39/h21,24,32-34,36-37H,4,9,14-20,22-23,25-30H2,1-3,5-8,10-13H3/b24-21+. The molecule has 2 nitrogen and oxygen atoms in total. The zero-order valence-corrected chi connectivity index (χ0v) is 31.9. The third-order valence-electron chi connectivity index (χ3n) is 13.0. The third kappa shape index (κ3) is 11.9. The topological polar surface area (TPSA) is 25.1 Å². The summed E-state index contributed by atoms with van der Waals surface area (Å²) in [4.78, 5) is 0. The largest absolute Gasteiger partial charge is 0.370 e. The van der Waals surface area contributed by atoms with E-state index in [1.165, 1.54) is 86.7 Å². The molecule has 2 fully saturated rings. The van der Waals surface area contributed by atoms with Crippen molar-refractivity contribution in [1.82, 2.24) is 0 Å². The second-order valence-electron chi connectivity index (χ2n) is 16.3. The molecule has 2 heterocycles. The smallest absolute Gasteiger partial charge is 0.0942 e. The lowest BCUT2D eigenvalue weighted by molar-refractivity contribution is 0.182. The Bertz CT molecular complexity index is 884. The molecule has 0 aromatic heterocycles. The maximum Gasteiger partial charge on any atom is 0.0942 e. The van der Waals surface area contributed by atoms with Gasteiger partial charge in [-0.25, -0.2) is 0 Å². The SMILES string of the molecule is C=C(C)C(C)CCC1(C(C)CCC(C)(/C=C/C(C)CCC(C)C(=C)CCC(C)C2(C)CO2)CC[Si](CC)(CC)CC)CO1. The van der Waals surface area contributed by atoms with Gasteiger partial charge in [0.1, 0.15) is 0 Å². The Balaban J connectivity index is 1.97. The van der Waals surface area contributed by atoms with Gasteiger partial charge in [-0.2, -0.15) is 0 Å². The Hall–Kier alpha value is -0.643. The van der Waals surface area contributed by atoms with Crippen molar-refractivity contribution in [3.8, 4) is 0 Å². The first-order valence-corrected chi connectivity index (χ1v) is 21.2. The van der Waals surface area contributed by atoms with Crippen LogP contribution in [0.3, 0.4) is 0 Å². The Morgan fingerprint density at radius 2 is 1.44 bits per heavy atom. The van der Waals surface area contributed by atoms with Crippen LogP contribution in [0.5, 0.6) is 0 Å². The van der Waals surface area contributed by atoms with Gasteiger partial charge in [0.15, 0.2) is 0 Å². The van der Waals surface area contributed by atoms with Crippen LogP contribution < -0.4 is 0 Å². The molecule has 0 bridgehead atoms. The van der Waals surface area contributed by atoms with Crippen LogP contribution in [0, 0.1) is 35.0 Å². The van der Waals surface area contributed by atoms with Gasteiger partial charge in [-0.15, -0.1) is 0 Å². The number of epoxide rings is 2. The van der Waals surface area contributed by atoms with Crippen molar-refractivity contribution >= 4 is 8.07 Å². The molecule has 2 aliphatic heterocycles. The third-order valence-corrected chi connectivity index (χ3v) is 18.8. The summed E-state index contributed by atoms with van der Waals surface area (Å²) >= 11 is 0. The van der Waals surface area contributed by atoms with Gasteiger partial charge < -0.3 is 9.47 Å². The van der Waals surface area contributed by atoms with E-state index in [9.17, 15) is 0 Å². The zero-order valence-electron chi connectivity index (χ0n) is 30.9. The minimum absolute atomic E-state index is 0.121. The van der Waals surface area contributed by atoms with Gasteiger partial charge in [-0.1, -0.05) is 123 Å². The van der Waals surface area contributed by atoms with E-state index in [2.05, 4.69) is 101 Å². The predicted molar refractivity (Wildman–Crippen MR) is 194 cm³/mol. The summed E-state index contributed by atoms with van der Waals surface area (Å²) in [5, 5.41) is 0. The highest BCUT2D eigenvalue weighted by Gasteiger charge is 2.49. The van der Waals surface area contributed by atoms with Crippen molar-refractivity contribution in [2.45, 2.75) is 169 Å². The molecule has 8 unspecified atom stereocenters. The molecule has 0 aromatic carbocycles. The fraction of sp³-hybridized carbons (Fsp3) is 0.850. The van der Waals surface area contributed by atoms with Crippen LogP contribution in [0.15, 0.2) is 36.5 Å². The van der Waals surface area contributed by atoms with E-state index in [1.54, 1.807) is 0 Å². The molecule has 8 atom stereocenters. The highest BCUT2D eigenvalue weighted by molar-refractivity contribution is 6.79. The molecule has 250 valence electrons. The highest BCUT2D eigenvalue weighted by atomic mass is 28.3. The van der Waals surface area contributed by atoms with E-state index in [0.717, 1.165) is 19.6 Å². The maximum atomic E-state index is 6.19. The summed E-state index contributed by atoms with van der Waals surface area (Å²) in [6.07, 6.45) is 16.3. The quantitative estimate of drug-likeness (QED) is 0.0614. The highest BCUT2D eigenvalue weighted by Crippen LogP contribution is 2.46. The van der Waals surface area contributed by atoms with Gasteiger partial charge in [0.05, 0.1) is 32.5 Å².